The third kappa shape index (κ3) is 1.82. The summed E-state index contributed by atoms with van der Waals surface area (Å²) in [7, 11) is 1.57. The van der Waals surface area contributed by atoms with Crippen LogP contribution in [0.5, 0.6) is 0 Å². The van der Waals surface area contributed by atoms with Gasteiger partial charge in [-0.05, 0) is 31.8 Å². The molecule has 6 heteroatoms. The molecule has 0 amide bonds. The fourth-order valence-corrected chi connectivity index (χ4v) is 5.90. The quantitative estimate of drug-likeness (QED) is 0.744. The van der Waals surface area contributed by atoms with Crippen molar-refractivity contribution in [2.24, 2.45) is 11.3 Å². The number of ether oxygens (including phenoxy) is 2. The normalized spacial score (nSPS) is 37.1. The van der Waals surface area contributed by atoms with E-state index in [0.717, 1.165) is 5.57 Å². The van der Waals surface area contributed by atoms with Gasteiger partial charge in [0, 0.05) is 36.0 Å². The Morgan fingerprint density at radius 2 is 2.00 bits per heavy atom. The van der Waals surface area contributed by atoms with Crippen LogP contribution in [0.25, 0.3) is 0 Å². The summed E-state index contributed by atoms with van der Waals surface area (Å²) >= 11 is 0. The first-order valence-electron chi connectivity index (χ1n) is 9.47. The third-order valence-corrected chi connectivity index (χ3v) is 7.45. The van der Waals surface area contributed by atoms with Gasteiger partial charge in [-0.3, -0.25) is 9.59 Å². The molecule has 0 aromatic carbocycles. The van der Waals surface area contributed by atoms with Gasteiger partial charge in [0.25, 0.3) is 0 Å². The molecule has 0 radical (unpaired) electrons. The molecule has 2 heterocycles. The number of cyclic esters (lactones) is 1. The van der Waals surface area contributed by atoms with Crippen LogP contribution < -0.4 is 0 Å². The lowest BCUT2D eigenvalue weighted by atomic mass is 9.55. The molecule has 1 fully saturated rings. The summed E-state index contributed by atoms with van der Waals surface area (Å²) in [5.74, 6) is -0.270. The summed E-state index contributed by atoms with van der Waals surface area (Å²) in [6, 6.07) is 0. The number of esters is 1. The summed E-state index contributed by atoms with van der Waals surface area (Å²) in [4.78, 5) is 38.4. The zero-order valence-electron chi connectivity index (χ0n) is 15.7. The molecule has 27 heavy (non-hydrogen) atoms. The Morgan fingerprint density at radius 1 is 1.22 bits per heavy atom. The SMILES string of the molecule is COC[C@H]1OC(=O)c2coc3c2[C@@]1(C)C1=C(C3=O)C2CCC(=O)[C@@]2(C)CC1. The molecule has 0 spiro atoms. The summed E-state index contributed by atoms with van der Waals surface area (Å²) in [6.45, 7) is 4.24. The van der Waals surface area contributed by atoms with Gasteiger partial charge in [0.1, 0.15) is 23.7 Å². The van der Waals surface area contributed by atoms with Crippen molar-refractivity contribution >= 4 is 17.5 Å². The number of ketones is 2. The van der Waals surface area contributed by atoms with Crippen LogP contribution in [0.1, 0.15) is 66.0 Å². The maximum absolute atomic E-state index is 13.4. The molecule has 0 N–H and O–H groups in total. The number of rotatable bonds is 2. The highest BCUT2D eigenvalue weighted by Gasteiger charge is 2.61. The molecule has 5 rings (SSSR count). The fraction of sp³-hybridized carbons (Fsp3) is 0.571. The summed E-state index contributed by atoms with van der Waals surface area (Å²) in [6.07, 6.45) is 3.36. The summed E-state index contributed by atoms with van der Waals surface area (Å²) in [5, 5.41) is 0. The molecule has 4 atom stereocenters. The van der Waals surface area contributed by atoms with E-state index in [1.54, 1.807) is 7.11 Å². The van der Waals surface area contributed by atoms with Crippen LogP contribution in [-0.4, -0.2) is 37.4 Å². The Bertz CT molecular complexity index is 936. The summed E-state index contributed by atoms with van der Waals surface area (Å²) in [5.41, 5.74) is 1.52. The number of allylic oxidation sites excluding steroid dienone is 1. The molecule has 0 saturated heterocycles. The zero-order chi connectivity index (χ0) is 19.1. The predicted octanol–water partition coefficient (Wildman–Crippen LogP) is 2.99. The van der Waals surface area contributed by atoms with Gasteiger partial charge in [-0.1, -0.05) is 6.92 Å². The van der Waals surface area contributed by atoms with E-state index in [0.29, 0.717) is 42.4 Å². The molecule has 1 aromatic rings. The fourth-order valence-electron chi connectivity index (χ4n) is 5.90. The number of methoxy groups -OCH3 is 1. The van der Waals surface area contributed by atoms with Gasteiger partial charge in [-0.15, -0.1) is 0 Å². The smallest absolute Gasteiger partial charge is 0.342 e. The average Bonchev–Trinajstić information content (AvgIpc) is 3.21. The molecule has 0 bridgehead atoms. The second kappa shape index (κ2) is 5.19. The lowest BCUT2D eigenvalue weighted by molar-refractivity contribution is -0.126. The third-order valence-electron chi connectivity index (χ3n) is 7.45. The van der Waals surface area contributed by atoms with E-state index >= 15 is 0 Å². The average molecular weight is 370 g/mol. The van der Waals surface area contributed by atoms with Crippen molar-refractivity contribution < 1.29 is 28.3 Å². The van der Waals surface area contributed by atoms with E-state index in [2.05, 4.69) is 0 Å². The monoisotopic (exact) mass is 370 g/mol. The first kappa shape index (κ1) is 16.9. The maximum atomic E-state index is 13.4. The first-order valence-corrected chi connectivity index (χ1v) is 9.47. The molecule has 1 aliphatic heterocycles. The van der Waals surface area contributed by atoms with E-state index < -0.39 is 22.9 Å². The second-order valence-electron chi connectivity index (χ2n) is 8.56. The van der Waals surface area contributed by atoms with Crippen molar-refractivity contribution in [1.82, 2.24) is 0 Å². The number of furan rings is 1. The van der Waals surface area contributed by atoms with Crippen molar-refractivity contribution in [3.8, 4) is 0 Å². The van der Waals surface area contributed by atoms with Crippen molar-refractivity contribution in [3.63, 3.8) is 0 Å². The molecule has 1 unspecified atom stereocenters. The molecular weight excluding hydrogens is 348 g/mol. The molecule has 6 nitrogen and oxygen atoms in total. The van der Waals surface area contributed by atoms with Gasteiger partial charge in [0.2, 0.25) is 5.78 Å². The standard InChI is InChI=1S/C21H22O6/c1-20-7-6-12-15(11(20)4-5-13(20)22)17(23)18-16-10(8-26-18)19(24)27-14(9-25-3)21(12,16)2/h8,11,14H,4-7,9H2,1-3H3/t11?,14-,20+,21+/m1/s1. The number of Topliss-reactive ketones (excluding diaryl/α,β-unsaturated/α-hetero) is 2. The number of hydrogen-bond donors (Lipinski definition) is 0. The Balaban J connectivity index is 1.78. The molecule has 3 aliphatic carbocycles. The minimum absolute atomic E-state index is 0.0967. The van der Waals surface area contributed by atoms with Crippen molar-refractivity contribution in [1.29, 1.82) is 0 Å². The van der Waals surface area contributed by atoms with Crippen LogP contribution in [0.15, 0.2) is 21.8 Å². The van der Waals surface area contributed by atoms with Gasteiger partial charge in [0.15, 0.2) is 5.76 Å². The maximum Gasteiger partial charge on any atom is 0.342 e. The topological polar surface area (TPSA) is 82.8 Å². The molecular formula is C21H22O6. The lowest BCUT2D eigenvalue weighted by Crippen LogP contribution is -2.53. The van der Waals surface area contributed by atoms with Crippen LogP contribution in [0.4, 0.5) is 0 Å². The predicted molar refractivity (Wildman–Crippen MR) is 93.6 cm³/mol. The van der Waals surface area contributed by atoms with Crippen molar-refractivity contribution in [3.05, 3.63) is 34.3 Å². The lowest BCUT2D eigenvalue weighted by Gasteiger charge is -2.49. The van der Waals surface area contributed by atoms with Crippen LogP contribution in [-0.2, 0) is 19.7 Å². The van der Waals surface area contributed by atoms with Crippen LogP contribution in [0.2, 0.25) is 0 Å². The number of carbonyl (C=O) groups excluding carboxylic acids is 3. The van der Waals surface area contributed by atoms with Gasteiger partial charge in [-0.25, -0.2) is 4.79 Å². The molecule has 1 aromatic heterocycles. The second-order valence-corrected chi connectivity index (χ2v) is 8.56. The summed E-state index contributed by atoms with van der Waals surface area (Å²) < 4.78 is 16.7. The molecule has 4 aliphatic rings. The number of hydrogen-bond acceptors (Lipinski definition) is 6. The first-order chi connectivity index (χ1) is 12.8. The van der Waals surface area contributed by atoms with Crippen LogP contribution in [0.3, 0.4) is 0 Å². The number of carbonyl (C=O) groups is 3. The van der Waals surface area contributed by atoms with E-state index in [4.69, 9.17) is 13.9 Å². The van der Waals surface area contributed by atoms with Gasteiger partial charge < -0.3 is 13.9 Å². The van der Waals surface area contributed by atoms with E-state index in [1.165, 1.54) is 6.26 Å². The Morgan fingerprint density at radius 3 is 2.74 bits per heavy atom. The van der Waals surface area contributed by atoms with E-state index in [9.17, 15) is 14.4 Å². The highest BCUT2D eigenvalue weighted by atomic mass is 16.6. The highest BCUT2D eigenvalue weighted by Crippen LogP contribution is 2.60. The van der Waals surface area contributed by atoms with Crippen molar-refractivity contribution in [2.45, 2.75) is 51.0 Å². The van der Waals surface area contributed by atoms with Gasteiger partial charge >= 0.3 is 5.97 Å². The molecule has 1 saturated carbocycles. The number of fused-ring (bicyclic) bond motifs is 3. The van der Waals surface area contributed by atoms with Crippen LogP contribution in [0, 0.1) is 11.3 Å². The van der Waals surface area contributed by atoms with E-state index in [-0.39, 0.29) is 29.9 Å². The van der Waals surface area contributed by atoms with Gasteiger partial charge in [-0.2, -0.15) is 0 Å². The Hall–Kier alpha value is -2.21. The molecule has 142 valence electrons. The van der Waals surface area contributed by atoms with Crippen LogP contribution >= 0.6 is 0 Å². The minimum Gasteiger partial charge on any atom is -0.460 e. The minimum atomic E-state index is -0.669. The largest absolute Gasteiger partial charge is 0.460 e. The Labute approximate surface area is 156 Å². The zero-order valence-corrected chi connectivity index (χ0v) is 15.7. The highest BCUT2D eigenvalue weighted by molar-refractivity contribution is 6.14. The van der Waals surface area contributed by atoms with E-state index in [1.807, 2.05) is 13.8 Å². The van der Waals surface area contributed by atoms with Crippen molar-refractivity contribution in [2.75, 3.05) is 13.7 Å². The van der Waals surface area contributed by atoms with Gasteiger partial charge in [0.05, 0.1) is 12.0 Å². The Kier molecular flexibility index (Phi) is 3.25.